The number of hydrogen-bond donors (Lipinski definition) is 3. The number of amides is 2. The normalized spacial score (nSPS) is 21.3. The summed E-state index contributed by atoms with van der Waals surface area (Å²) in [5.41, 5.74) is 2.01. The molecule has 0 radical (unpaired) electrons. The fourth-order valence-corrected chi connectivity index (χ4v) is 4.10. The number of fused-ring (bicyclic) bond motifs is 1. The summed E-state index contributed by atoms with van der Waals surface area (Å²) in [6, 6.07) is 5.58. The predicted octanol–water partition coefficient (Wildman–Crippen LogP) is 2.34. The summed E-state index contributed by atoms with van der Waals surface area (Å²) in [5.74, 6) is -0.600. The molecule has 0 aromatic heterocycles. The minimum atomic E-state index is -1.16. The Morgan fingerprint density at radius 1 is 1.14 bits per heavy atom. The number of carbonyl (C=O) groups excluding carboxylic acids is 2. The van der Waals surface area contributed by atoms with Crippen LogP contribution in [-0.2, 0) is 21.6 Å². The van der Waals surface area contributed by atoms with Crippen molar-refractivity contribution in [2.75, 3.05) is 20.2 Å². The van der Waals surface area contributed by atoms with Crippen LogP contribution in [0.1, 0.15) is 56.1 Å². The Labute approximate surface area is 166 Å². The van der Waals surface area contributed by atoms with Gasteiger partial charge in [0.25, 0.3) is 0 Å². The van der Waals surface area contributed by atoms with Gasteiger partial charge < -0.3 is 20.5 Å². The molecule has 2 aliphatic rings. The van der Waals surface area contributed by atoms with E-state index in [2.05, 4.69) is 16.7 Å². The van der Waals surface area contributed by atoms with Gasteiger partial charge in [-0.05, 0) is 74.6 Å². The van der Waals surface area contributed by atoms with Crippen molar-refractivity contribution >= 4 is 11.8 Å². The van der Waals surface area contributed by atoms with E-state index in [4.69, 9.17) is 4.74 Å². The smallest absolute Gasteiger partial charge is 0.309 e. The number of allylic oxidation sites excluding steroid dienone is 1. The van der Waals surface area contributed by atoms with Crippen molar-refractivity contribution in [3.8, 4) is 5.75 Å². The van der Waals surface area contributed by atoms with Gasteiger partial charge in [-0.3, -0.25) is 9.59 Å². The number of hydrogen-bond acceptors (Lipinski definition) is 4. The van der Waals surface area contributed by atoms with Crippen LogP contribution in [0.2, 0.25) is 0 Å². The first kappa shape index (κ1) is 20.4. The van der Waals surface area contributed by atoms with Gasteiger partial charge in [-0.15, -0.1) is 0 Å². The topological polar surface area (TPSA) is 87.7 Å². The van der Waals surface area contributed by atoms with Crippen LogP contribution in [0.25, 0.3) is 0 Å². The highest BCUT2D eigenvalue weighted by Gasteiger charge is 2.35. The van der Waals surface area contributed by atoms with Gasteiger partial charge in [0.15, 0.2) is 0 Å². The number of carbonyl (C=O) groups is 2. The number of ether oxygens (including phenoxy) is 1. The number of aliphatic hydroxyl groups is 1. The molecule has 6 heteroatoms. The molecule has 3 N–H and O–H groups in total. The number of rotatable bonds is 6. The molecule has 28 heavy (non-hydrogen) atoms. The second-order valence-electron chi connectivity index (χ2n) is 7.70. The zero-order valence-electron chi connectivity index (χ0n) is 16.6. The lowest BCUT2D eigenvalue weighted by atomic mass is 9.79. The SMILES string of the molecule is COc1ccc2c(c1)CCCC2(O)CNC(=O)C(=O)NCCC1=CCCCC1. The van der Waals surface area contributed by atoms with Gasteiger partial charge >= 0.3 is 11.8 Å². The first-order valence-corrected chi connectivity index (χ1v) is 10.2. The van der Waals surface area contributed by atoms with Crippen LogP contribution >= 0.6 is 0 Å². The van der Waals surface area contributed by atoms with E-state index in [1.807, 2.05) is 18.2 Å². The quantitative estimate of drug-likeness (QED) is 0.517. The second kappa shape index (κ2) is 9.24. The molecule has 0 spiro atoms. The molecule has 0 fully saturated rings. The van der Waals surface area contributed by atoms with Crippen molar-refractivity contribution in [3.63, 3.8) is 0 Å². The van der Waals surface area contributed by atoms with Gasteiger partial charge in [0.1, 0.15) is 11.4 Å². The van der Waals surface area contributed by atoms with Gasteiger partial charge in [0.2, 0.25) is 0 Å². The van der Waals surface area contributed by atoms with Crippen LogP contribution in [-0.4, -0.2) is 37.1 Å². The average molecular weight is 386 g/mol. The Balaban J connectivity index is 1.51. The Bertz CT molecular complexity index is 759. The molecule has 0 saturated heterocycles. The Hall–Kier alpha value is -2.34. The molecule has 0 bridgehead atoms. The molecule has 0 saturated carbocycles. The minimum absolute atomic E-state index is 0.0176. The third-order valence-electron chi connectivity index (χ3n) is 5.71. The molecular weight excluding hydrogens is 356 g/mol. The highest BCUT2D eigenvalue weighted by molar-refractivity contribution is 6.35. The summed E-state index contributed by atoms with van der Waals surface area (Å²) in [6.07, 6.45) is 9.87. The highest BCUT2D eigenvalue weighted by atomic mass is 16.5. The maximum atomic E-state index is 12.2. The predicted molar refractivity (Wildman–Crippen MR) is 107 cm³/mol. The standard InChI is InChI=1S/C22H30N2O4/c1-28-18-9-10-19-17(14-18)8-5-12-22(19,27)15-24-21(26)20(25)23-13-11-16-6-3-2-4-7-16/h6,9-10,14,27H,2-5,7-8,11-13,15H2,1H3,(H,23,25)(H,24,26). The maximum Gasteiger partial charge on any atom is 0.309 e. The molecule has 2 amide bonds. The molecule has 2 aliphatic carbocycles. The molecule has 1 aromatic rings. The minimum Gasteiger partial charge on any atom is -0.497 e. The molecule has 152 valence electrons. The highest BCUT2D eigenvalue weighted by Crippen LogP contribution is 2.36. The Morgan fingerprint density at radius 2 is 1.96 bits per heavy atom. The van der Waals surface area contributed by atoms with E-state index in [0.29, 0.717) is 13.0 Å². The number of methoxy groups -OCH3 is 1. The maximum absolute atomic E-state index is 12.2. The lowest BCUT2D eigenvalue weighted by molar-refractivity contribution is -0.140. The van der Waals surface area contributed by atoms with Crippen molar-refractivity contribution < 1.29 is 19.4 Å². The second-order valence-corrected chi connectivity index (χ2v) is 7.70. The zero-order chi connectivity index (χ0) is 20.0. The van der Waals surface area contributed by atoms with Crippen LogP contribution in [0.3, 0.4) is 0 Å². The van der Waals surface area contributed by atoms with Crippen molar-refractivity contribution in [3.05, 3.63) is 41.0 Å². The van der Waals surface area contributed by atoms with Gasteiger partial charge in [-0.25, -0.2) is 0 Å². The number of benzene rings is 1. The third-order valence-corrected chi connectivity index (χ3v) is 5.71. The molecular formula is C22H30N2O4. The summed E-state index contributed by atoms with van der Waals surface area (Å²) >= 11 is 0. The molecule has 3 rings (SSSR count). The lowest BCUT2D eigenvalue weighted by Gasteiger charge is -2.34. The van der Waals surface area contributed by atoms with Crippen molar-refractivity contribution in [1.82, 2.24) is 10.6 Å². The van der Waals surface area contributed by atoms with Crippen molar-refractivity contribution in [1.29, 1.82) is 0 Å². The van der Waals surface area contributed by atoms with E-state index in [-0.39, 0.29) is 6.54 Å². The van der Waals surface area contributed by atoms with Crippen LogP contribution in [0.5, 0.6) is 5.75 Å². The van der Waals surface area contributed by atoms with E-state index in [1.165, 1.54) is 18.4 Å². The summed E-state index contributed by atoms with van der Waals surface area (Å²) in [4.78, 5) is 24.2. The Morgan fingerprint density at radius 3 is 2.71 bits per heavy atom. The van der Waals surface area contributed by atoms with Crippen molar-refractivity contribution in [2.45, 2.75) is 57.0 Å². The van der Waals surface area contributed by atoms with E-state index in [0.717, 1.165) is 49.0 Å². The zero-order valence-corrected chi connectivity index (χ0v) is 16.6. The summed E-state index contributed by atoms with van der Waals surface area (Å²) in [5, 5.41) is 16.3. The van der Waals surface area contributed by atoms with Crippen LogP contribution < -0.4 is 15.4 Å². The molecule has 1 atom stereocenters. The monoisotopic (exact) mass is 386 g/mol. The van der Waals surface area contributed by atoms with E-state index in [9.17, 15) is 14.7 Å². The van der Waals surface area contributed by atoms with E-state index < -0.39 is 17.4 Å². The summed E-state index contributed by atoms with van der Waals surface area (Å²) in [7, 11) is 1.61. The summed E-state index contributed by atoms with van der Waals surface area (Å²) < 4.78 is 5.25. The fourth-order valence-electron chi connectivity index (χ4n) is 4.10. The third kappa shape index (κ3) is 4.93. The molecule has 0 aliphatic heterocycles. The first-order chi connectivity index (χ1) is 13.5. The van der Waals surface area contributed by atoms with Gasteiger partial charge in [-0.1, -0.05) is 17.7 Å². The molecule has 1 unspecified atom stereocenters. The summed E-state index contributed by atoms with van der Waals surface area (Å²) in [6.45, 7) is 0.481. The van der Waals surface area contributed by atoms with Gasteiger partial charge in [0, 0.05) is 6.54 Å². The first-order valence-electron chi connectivity index (χ1n) is 10.2. The average Bonchev–Trinajstić information content (AvgIpc) is 2.72. The van der Waals surface area contributed by atoms with Crippen molar-refractivity contribution in [2.24, 2.45) is 0 Å². The molecule has 1 aromatic carbocycles. The van der Waals surface area contributed by atoms with Crippen LogP contribution in [0, 0.1) is 0 Å². The van der Waals surface area contributed by atoms with E-state index >= 15 is 0 Å². The Kier molecular flexibility index (Phi) is 6.73. The van der Waals surface area contributed by atoms with E-state index in [1.54, 1.807) is 7.11 Å². The number of aryl methyl sites for hydroxylation is 1. The van der Waals surface area contributed by atoms with Gasteiger partial charge in [0.05, 0.1) is 13.7 Å². The lowest BCUT2D eigenvalue weighted by Crippen LogP contribution is -2.47. The van der Waals surface area contributed by atoms with Crippen LogP contribution in [0.15, 0.2) is 29.8 Å². The van der Waals surface area contributed by atoms with Crippen LogP contribution in [0.4, 0.5) is 0 Å². The molecule has 0 heterocycles. The largest absolute Gasteiger partial charge is 0.497 e. The number of nitrogens with one attached hydrogen (secondary N) is 2. The molecule has 6 nitrogen and oxygen atoms in total. The fraction of sp³-hybridized carbons (Fsp3) is 0.545. The van der Waals surface area contributed by atoms with Gasteiger partial charge in [-0.2, -0.15) is 0 Å².